The first-order valence-electron chi connectivity index (χ1n) is 16.1. The standard InChI is InChI=1S/C33H39N7O7/c1-4-45-30(42)23-14-18(10-12-39-13-11-35-32(39)40-17-36-26-28(40)37-31(34)38-29(26)41)25-22(46-23)16-21-20(27(25)44-3)15-24(47-21)33(2,43)19-8-6-5-7-9-19/h10-11,13-14,16,19,24,32,35,43H,4-9,12,15,17H2,1-3H3,(H2,34,38,41). The summed E-state index contributed by atoms with van der Waals surface area (Å²) in [5.41, 5.74) is 7.14. The minimum atomic E-state index is -1.02. The van der Waals surface area contributed by atoms with Gasteiger partial charge in [0, 0.05) is 37.0 Å². The fraction of sp³-hybridized carbons (Fsp3) is 0.485. The number of nitrogens with one attached hydrogen (secondary N) is 1. The lowest BCUT2D eigenvalue weighted by atomic mass is 9.74. The second-order valence-corrected chi connectivity index (χ2v) is 12.5. The number of nitrogens with zero attached hydrogens (tertiary/aromatic N) is 5. The first-order chi connectivity index (χ1) is 22.7. The number of nitrogens with two attached hydrogens (primary N) is 1. The zero-order valence-electron chi connectivity index (χ0n) is 26.7. The first-order valence-corrected chi connectivity index (χ1v) is 16.1. The van der Waals surface area contributed by atoms with Crippen LogP contribution in [0, 0.1) is 5.92 Å². The third kappa shape index (κ3) is 5.39. The van der Waals surface area contributed by atoms with Gasteiger partial charge in [0.2, 0.25) is 11.7 Å². The maximum Gasteiger partial charge on any atom is 0.374 e. The molecule has 4 N–H and O–H groups in total. The van der Waals surface area contributed by atoms with Crippen LogP contribution >= 0.6 is 0 Å². The van der Waals surface area contributed by atoms with Gasteiger partial charge in [0.1, 0.15) is 35.6 Å². The second kappa shape index (κ2) is 12.1. The van der Waals surface area contributed by atoms with Gasteiger partial charge in [0.15, 0.2) is 17.8 Å². The zero-order valence-corrected chi connectivity index (χ0v) is 26.7. The maximum atomic E-state index is 12.9. The predicted molar refractivity (Wildman–Crippen MR) is 173 cm³/mol. The number of amidine groups is 1. The van der Waals surface area contributed by atoms with Gasteiger partial charge in [0.25, 0.3) is 0 Å². The summed E-state index contributed by atoms with van der Waals surface area (Å²) in [5, 5.41) is 15.0. The summed E-state index contributed by atoms with van der Waals surface area (Å²) in [4.78, 5) is 41.4. The molecule has 6 aliphatic rings. The number of hydrogen-bond acceptors (Lipinski definition) is 13. The van der Waals surface area contributed by atoms with E-state index in [4.69, 9.17) is 24.7 Å². The van der Waals surface area contributed by atoms with Crippen molar-refractivity contribution in [1.29, 1.82) is 0 Å². The Morgan fingerprint density at radius 1 is 1.26 bits per heavy atom. The largest absolute Gasteiger partial charge is 0.496 e. The Labute approximate surface area is 272 Å². The number of allylic oxidation sites excluding steroid dienone is 2. The zero-order chi connectivity index (χ0) is 32.9. The van der Waals surface area contributed by atoms with E-state index >= 15 is 0 Å². The predicted octanol–water partition coefficient (Wildman–Crippen LogP) is 2.18. The number of aliphatic imine (C=N–C) groups is 3. The van der Waals surface area contributed by atoms with Gasteiger partial charge >= 0.3 is 11.9 Å². The molecule has 1 aliphatic carbocycles. The van der Waals surface area contributed by atoms with Gasteiger partial charge in [-0.05, 0) is 44.3 Å². The summed E-state index contributed by atoms with van der Waals surface area (Å²) in [5.74, 6) is 0.839. The van der Waals surface area contributed by atoms with Crippen LogP contribution in [0.2, 0.25) is 0 Å². The van der Waals surface area contributed by atoms with Gasteiger partial charge in [-0.2, -0.15) is 9.98 Å². The Balaban J connectivity index is 1.20. The monoisotopic (exact) mass is 645 g/mol. The molecule has 47 heavy (non-hydrogen) atoms. The lowest BCUT2D eigenvalue weighted by Gasteiger charge is -2.39. The van der Waals surface area contributed by atoms with Gasteiger partial charge in [-0.25, -0.2) is 4.79 Å². The molecule has 1 aromatic carbocycles. The van der Waals surface area contributed by atoms with Gasteiger partial charge in [-0.3, -0.25) is 14.7 Å². The van der Waals surface area contributed by atoms with Crippen LogP contribution < -0.4 is 25.3 Å². The average Bonchev–Trinajstić information content (AvgIpc) is 3.81. The van der Waals surface area contributed by atoms with E-state index in [9.17, 15) is 14.7 Å². The third-order valence-electron chi connectivity index (χ3n) is 9.67. The van der Waals surface area contributed by atoms with Gasteiger partial charge in [-0.15, -0.1) is 0 Å². The van der Waals surface area contributed by atoms with Crippen LogP contribution in [0.1, 0.15) is 57.1 Å². The van der Waals surface area contributed by atoms with Crippen LogP contribution in [0.5, 0.6) is 17.2 Å². The molecule has 5 aliphatic heterocycles. The molecule has 0 saturated heterocycles. The van der Waals surface area contributed by atoms with Crippen molar-refractivity contribution in [1.82, 2.24) is 15.1 Å². The summed E-state index contributed by atoms with van der Waals surface area (Å²) in [6, 6.07) is 1.78. The van der Waals surface area contributed by atoms with Crippen LogP contribution in [-0.2, 0) is 20.7 Å². The maximum absolute atomic E-state index is 12.9. The Kier molecular flexibility index (Phi) is 7.90. The minimum absolute atomic E-state index is 0.0328. The number of ether oxygens (including phenoxy) is 4. The lowest BCUT2D eigenvalue weighted by molar-refractivity contribution is -0.141. The van der Waals surface area contributed by atoms with E-state index in [-0.39, 0.29) is 36.6 Å². The molecule has 0 spiro atoms. The molecule has 0 bridgehead atoms. The number of esters is 1. The number of hydrogen-bond donors (Lipinski definition) is 3. The molecule has 1 saturated carbocycles. The minimum Gasteiger partial charge on any atom is -0.496 e. The third-order valence-corrected chi connectivity index (χ3v) is 9.67. The van der Waals surface area contributed by atoms with Gasteiger partial charge in [0.05, 0.1) is 19.3 Å². The number of fused-ring (bicyclic) bond motifs is 3. The number of carbonyl (C=O) groups excluding carboxylic acids is 2. The number of rotatable bonds is 8. The molecule has 1 aromatic rings. The van der Waals surface area contributed by atoms with E-state index < -0.39 is 29.9 Å². The smallest absolute Gasteiger partial charge is 0.374 e. The first kappa shape index (κ1) is 30.8. The fourth-order valence-electron chi connectivity index (χ4n) is 7.23. The number of guanidine groups is 1. The Hall–Kier alpha value is -4.85. The number of aliphatic hydroxyl groups is 1. The fourth-order valence-corrected chi connectivity index (χ4v) is 7.23. The second-order valence-electron chi connectivity index (χ2n) is 12.5. The van der Waals surface area contributed by atoms with Crippen LogP contribution in [0.15, 0.2) is 51.4 Å². The summed E-state index contributed by atoms with van der Waals surface area (Å²) < 4.78 is 23.9. The molecule has 1 amide bonds. The van der Waals surface area contributed by atoms with Crippen molar-refractivity contribution >= 4 is 35.0 Å². The molecule has 14 heteroatoms. The number of benzene rings is 1. The summed E-state index contributed by atoms with van der Waals surface area (Å²) >= 11 is 0. The molecule has 5 heterocycles. The highest BCUT2D eigenvalue weighted by Crippen LogP contribution is 2.51. The highest BCUT2D eigenvalue weighted by Gasteiger charge is 2.46. The molecular weight excluding hydrogens is 606 g/mol. The summed E-state index contributed by atoms with van der Waals surface area (Å²) in [7, 11) is 1.60. The van der Waals surface area contributed by atoms with Crippen LogP contribution in [0.3, 0.4) is 0 Å². The van der Waals surface area contributed by atoms with Crippen molar-refractivity contribution in [2.45, 2.75) is 70.4 Å². The van der Waals surface area contributed by atoms with E-state index in [1.165, 1.54) is 6.42 Å². The molecule has 0 aromatic heterocycles. The molecule has 0 radical (unpaired) electrons. The molecule has 3 unspecified atom stereocenters. The van der Waals surface area contributed by atoms with E-state index in [0.29, 0.717) is 47.2 Å². The van der Waals surface area contributed by atoms with Crippen molar-refractivity contribution in [2.75, 3.05) is 26.9 Å². The van der Waals surface area contributed by atoms with Crippen molar-refractivity contribution in [3.05, 3.63) is 47.5 Å². The van der Waals surface area contributed by atoms with Gasteiger partial charge in [-0.1, -0.05) is 25.3 Å². The highest BCUT2D eigenvalue weighted by molar-refractivity contribution is 6.69. The Morgan fingerprint density at radius 3 is 2.83 bits per heavy atom. The SMILES string of the molecule is CCOC(=O)C1=CC(=CCN2C=CNC2N2CN=C3C(=O)N=C(N)N=C32)c2c(cc3c(c2OC)CC(C(C)(O)C2CCCCC2)O3)O1. The normalized spacial score (nSPS) is 25.4. The van der Waals surface area contributed by atoms with Gasteiger partial charge < -0.3 is 40.0 Å². The topological polar surface area (TPSA) is 173 Å². The quantitative estimate of drug-likeness (QED) is 0.354. The van der Waals surface area contributed by atoms with Crippen molar-refractivity contribution in [3.8, 4) is 17.2 Å². The van der Waals surface area contributed by atoms with E-state index in [0.717, 1.165) is 31.2 Å². The summed E-state index contributed by atoms with van der Waals surface area (Å²) in [6.45, 7) is 4.38. The van der Waals surface area contributed by atoms with Crippen LogP contribution in [-0.4, -0.2) is 89.2 Å². The number of amides is 1. The van der Waals surface area contributed by atoms with E-state index in [1.807, 2.05) is 29.0 Å². The molecule has 3 atom stereocenters. The van der Waals surface area contributed by atoms with E-state index in [1.54, 1.807) is 32.4 Å². The molecule has 7 rings (SSSR count). The number of methoxy groups -OCH3 is 1. The van der Waals surface area contributed by atoms with Crippen molar-refractivity contribution in [3.63, 3.8) is 0 Å². The van der Waals surface area contributed by atoms with Crippen LogP contribution in [0.25, 0.3) is 5.57 Å². The van der Waals surface area contributed by atoms with Crippen molar-refractivity contribution in [2.24, 2.45) is 26.6 Å². The van der Waals surface area contributed by atoms with E-state index in [2.05, 4.69) is 20.3 Å². The molecule has 14 nitrogen and oxygen atoms in total. The van der Waals surface area contributed by atoms with Crippen LogP contribution in [0.4, 0.5) is 0 Å². The summed E-state index contributed by atoms with van der Waals surface area (Å²) in [6.07, 6.45) is 12.2. The molecule has 248 valence electrons. The molecule has 1 fully saturated rings. The average molecular weight is 646 g/mol. The highest BCUT2D eigenvalue weighted by atomic mass is 16.6. The Morgan fingerprint density at radius 2 is 2.06 bits per heavy atom. The lowest BCUT2D eigenvalue weighted by Crippen LogP contribution is -2.53. The molecular formula is C33H39N7O7. The Bertz CT molecular complexity index is 1690. The number of carbonyl (C=O) groups is 2. The van der Waals surface area contributed by atoms with Crippen molar-refractivity contribution < 1.29 is 33.6 Å².